The molecule has 0 aliphatic heterocycles. The minimum Gasteiger partial charge on any atom is -0.350 e. The van der Waals surface area contributed by atoms with E-state index in [2.05, 4.69) is 22.7 Å². The molecule has 14 heavy (non-hydrogen) atoms. The number of allylic oxidation sites excluding steroid dienone is 2. The van der Waals surface area contributed by atoms with Gasteiger partial charge in [0.05, 0.1) is 0 Å². The van der Waals surface area contributed by atoms with E-state index >= 15 is 0 Å². The number of fused-ring (bicyclic) bond motifs is 2. The molecule has 4 heteroatoms. The molecule has 2 aliphatic rings. The topological polar surface area (TPSA) is 67.5 Å². The summed E-state index contributed by atoms with van der Waals surface area (Å²) in [7, 11) is 0. The van der Waals surface area contributed by atoms with E-state index in [1.807, 2.05) is 0 Å². The minimum atomic E-state index is -0.584. The van der Waals surface area contributed by atoms with Crippen LogP contribution in [0.3, 0.4) is 0 Å². The molecule has 2 atom stereocenters. The van der Waals surface area contributed by atoms with Crippen molar-refractivity contribution in [2.24, 2.45) is 22.7 Å². The molecule has 1 fully saturated rings. The van der Waals surface area contributed by atoms with Gasteiger partial charge in [-0.2, -0.15) is 5.10 Å². The molecule has 0 heterocycles. The Morgan fingerprint density at radius 3 is 3.29 bits per heavy atom. The highest BCUT2D eigenvalue weighted by Crippen LogP contribution is 2.34. The molecule has 2 bridgehead atoms. The molecule has 0 saturated heterocycles. The zero-order valence-electron chi connectivity index (χ0n) is 8.07. The first-order valence-electron chi connectivity index (χ1n) is 5.04. The summed E-state index contributed by atoms with van der Waals surface area (Å²) < 4.78 is 0. The second-order valence-electron chi connectivity index (χ2n) is 3.99. The van der Waals surface area contributed by atoms with E-state index < -0.39 is 6.03 Å². The van der Waals surface area contributed by atoms with Crippen LogP contribution >= 0.6 is 0 Å². The predicted octanol–water partition coefficient (Wildman–Crippen LogP) is 1.39. The van der Waals surface area contributed by atoms with Crippen LogP contribution in [0.15, 0.2) is 17.3 Å². The molecule has 0 unspecified atom stereocenters. The summed E-state index contributed by atoms with van der Waals surface area (Å²) in [5.74, 6) is 1.24. The summed E-state index contributed by atoms with van der Waals surface area (Å²) in [6.45, 7) is 0. The summed E-state index contributed by atoms with van der Waals surface area (Å²) >= 11 is 0. The van der Waals surface area contributed by atoms with E-state index in [1.54, 1.807) is 0 Å². The van der Waals surface area contributed by atoms with Crippen LogP contribution in [0, 0.1) is 11.8 Å². The van der Waals surface area contributed by atoms with Gasteiger partial charge in [0.2, 0.25) is 0 Å². The molecule has 3 N–H and O–H groups in total. The molecule has 0 aromatic carbocycles. The maximum absolute atomic E-state index is 10.5. The van der Waals surface area contributed by atoms with Crippen molar-refractivity contribution in [1.82, 2.24) is 5.43 Å². The molecule has 4 nitrogen and oxygen atoms in total. The number of amides is 2. The van der Waals surface area contributed by atoms with Crippen molar-refractivity contribution in [3.05, 3.63) is 12.2 Å². The third-order valence-electron chi connectivity index (χ3n) is 2.97. The fourth-order valence-electron chi connectivity index (χ4n) is 2.26. The first-order chi connectivity index (χ1) is 6.75. The number of nitrogens with zero attached hydrogens (tertiary/aromatic N) is 1. The van der Waals surface area contributed by atoms with Crippen molar-refractivity contribution < 1.29 is 4.79 Å². The van der Waals surface area contributed by atoms with Crippen LogP contribution < -0.4 is 11.2 Å². The van der Waals surface area contributed by atoms with E-state index in [9.17, 15) is 4.79 Å². The summed E-state index contributed by atoms with van der Waals surface area (Å²) in [6.07, 6.45) is 8.96. The lowest BCUT2D eigenvalue weighted by atomic mass is 9.75. The van der Waals surface area contributed by atoms with Gasteiger partial charge in [-0.15, -0.1) is 0 Å². The highest BCUT2D eigenvalue weighted by molar-refractivity contribution is 5.90. The van der Waals surface area contributed by atoms with Crippen LogP contribution in [-0.2, 0) is 0 Å². The van der Waals surface area contributed by atoms with Crippen LogP contribution in [0.2, 0.25) is 0 Å². The smallest absolute Gasteiger partial charge is 0.332 e. The van der Waals surface area contributed by atoms with Crippen LogP contribution in [-0.4, -0.2) is 11.7 Å². The van der Waals surface area contributed by atoms with Crippen molar-refractivity contribution >= 4 is 11.7 Å². The van der Waals surface area contributed by atoms with Crippen molar-refractivity contribution in [3.8, 4) is 0 Å². The average molecular weight is 193 g/mol. The first kappa shape index (κ1) is 9.24. The lowest BCUT2D eigenvalue weighted by Gasteiger charge is -2.31. The summed E-state index contributed by atoms with van der Waals surface area (Å²) in [6, 6.07) is -0.584. The molecule has 2 aliphatic carbocycles. The maximum atomic E-state index is 10.5. The fourth-order valence-corrected chi connectivity index (χ4v) is 2.26. The second-order valence-corrected chi connectivity index (χ2v) is 3.99. The molecule has 1 saturated carbocycles. The number of carbonyl (C=O) groups is 1. The minimum absolute atomic E-state index is 0.425. The lowest BCUT2D eigenvalue weighted by molar-refractivity contribution is 0.249. The van der Waals surface area contributed by atoms with E-state index in [1.165, 1.54) is 19.3 Å². The van der Waals surface area contributed by atoms with Gasteiger partial charge < -0.3 is 5.73 Å². The number of hydrogen-bond acceptors (Lipinski definition) is 2. The van der Waals surface area contributed by atoms with E-state index in [-0.39, 0.29) is 0 Å². The Bertz CT molecular complexity index is 296. The van der Waals surface area contributed by atoms with Gasteiger partial charge >= 0.3 is 6.03 Å². The third-order valence-corrected chi connectivity index (χ3v) is 2.97. The van der Waals surface area contributed by atoms with Gasteiger partial charge in [0.1, 0.15) is 0 Å². The van der Waals surface area contributed by atoms with Gasteiger partial charge in [-0.3, -0.25) is 0 Å². The largest absolute Gasteiger partial charge is 0.350 e. The van der Waals surface area contributed by atoms with Crippen LogP contribution in [0.4, 0.5) is 4.79 Å². The van der Waals surface area contributed by atoms with Crippen LogP contribution in [0.1, 0.15) is 25.7 Å². The van der Waals surface area contributed by atoms with Gasteiger partial charge in [-0.1, -0.05) is 12.2 Å². The van der Waals surface area contributed by atoms with Crippen LogP contribution in [0.5, 0.6) is 0 Å². The molecular formula is C10H15N3O. The highest BCUT2D eigenvalue weighted by atomic mass is 16.2. The zero-order valence-corrected chi connectivity index (χ0v) is 8.07. The normalized spacial score (nSPS) is 33.0. The number of rotatable bonds is 1. The number of hydrogen-bond donors (Lipinski definition) is 2. The van der Waals surface area contributed by atoms with Gasteiger partial charge in [0.25, 0.3) is 0 Å². The zero-order chi connectivity index (χ0) is 9.97. The Kier molecular flexibility index (Phi) is 2.52. The SMILES string of the molecule is NC(=O)N/N=C1/CC[C@@H]2CC=C[C@H]1C2. The lowest BCUT2D eigenvalue weighted by Crippen LogP contribution is -2.31. The number of hydrazone groups is 1. The maximum Gasteiger partial charge on any atom is 0.332 e. The van der Waals surface area contributed by atoms with Crippen molar-refractivity contribution in [2.45, 2.75) is 25.7 Å². The Balaban J connectivity index is 2.05. The summed E-state index contributed by atoms with van der Waals surface area (Å²) in [5.41, 5.74) is 8.34. The van der Waals surface area contributed by atoms with Crippen LogP contribution in [0.25, 0.3) is 0 Å². The summed E-state index contributed by atoms with van der Waals surface area (Å²) in [4.78, 5) is 10.5. The van der Waals surface area contributed by atoms with Crippen molar-refractivity contribution in [1.29, 1.82) is 0 Å². The first-order valence-corrected chi connectivity index (χ1v) is 5.04. The molecule has 0 aromatic heterocycles. The Morgan fingerprint density at radius 2 is 2.50 bits per heavy atom. The van der Waals surface area contributed by atoms with Gasteiger partial charge in [0, 0.05) is 11.6 Å². The molecule has 0 aromatic rings. The standard InChI is InChI=1S/C10H15N3O/c11-10(14)13-12-9-5-4-7-2-1-3-8(9)6-7/h1,3,7-8H,2,4-6H2,(H3,11,13,14)/b12-9-/t7-,8-/m0/s1. The van der Waals surface area contributed by atoms with Gasteiger partial charge in [0.15, 0.2) is 0 Å². The molecular weight excluding hydrogens is 178 g/mol. The second kappa shape index (κ2) is 3.82. The Labute approximate surface area is 83.2 Å². The molecule has 0 spiro atoms. The van der Waals surface area contributed by atoms with Crippen molar-refractivity contribution in [2.75, 3.05) is 0 Å². The number of nitrogens with one attached hydrogen (secondary N) is 1. The number of carbonyl (C=O) groups excluding carboxylic acids is 1. The molecule has 0 radical (unpaired) electrons. The van der Waals surface area contributed by atoms with E-state index in [0.29, 0.717) is 5.92 Å². The third kappa shape index (κ3) is 1.95. The Hall–Kier alpha value is -1.32. The number of primary amides is 1. The van der Waals surface area contributed by atoms with Gasteiger partial charge in [-0.25, -0.2) is 10.2 Å². The molecule has 2 amide bonds. The predicted molar refractivity (Wildman–Crippen MR) is 54.7 cm³/mol. The van der Waals surface area contributed by atoms with E-state index in [4.69, 9.17) is 5.73 Å². The van der Waals surface area contributed by atoms with Crippen molar-refractivity contribution in [3.63, 3.8) is 0 Å². The number of nitrogens with two attached hydrogens (primary N) is 1. The highest BCUT2D eigenvalue weighted by Gasteiger charge is 2.27. The van der Waals surface area contributed by atoms with Gasteiger partial charge in [-0.05, 0) is 31.6 Å². The Morgan fingerprint density at radius 1 is 1.64 bits per heavy atom. The molecule has 76 valence electrons. The number of urea groups is 1. The fraction of sp³-hybridized carbons (Fsp3) is 0.600. The monoisotopic (exact) mass is 193 g/mol. The molecule has 2 rings (SSSR count). The summed E-state index contributed by atoms with van der Waals surface area (Å²) in [5, 5.41) is 4.04. The van der Waals surface area contributed by atoms with E-state index in [0.717, 1.165) is 18.1 Å². The quantitative estimate of drug-likeness (QED) is 0.479. The average Bonchev–Trinajstić information content (AvgIpc) is 2.17.